The summed E-state index contributed by atoms with van der Waals surface area (Å²) in [6, 6.07) is 0. The van der Waals surface area contributed by atoms with Gasteiger partial charge in [-0.05, 0) is 63.2 Å². The first-order valence-corrected chi connectivity index (χ1v) is 9.26. The summed E-state index contributed by atoms with van der Waals surface area (Å²) < 4.78 is 0. The van der Waals surface area contributed by atoms with Gasteiger partial charge in [-0.15, -0.1) is 6.58 Å². The molecule has 8 atom stereocenters. The fraction of sp³-hybridized carbons (Fsp3) is 0.900. The van der Waals surface area contributed by atoms with Crippen LogP contribution >= 0.6 is 0 Å². The summed E-state index contributed by atoms with van der Waals surface area (Å²) in [5.41, 5.74) is -2.80. The minimum atomic E-state index is -1.32. The third-order valence-corrected chi connectivity index (χ3v) is 7.97. The first-order chi connectivity index (χ1) is 10.8. The Morgan fingerprint density at radius 3 is 2.38 bits per heavy atom. The average molecular weight is 341 g/mol. The Labute approximate surface area is 146 Å². The first-order valence-electron chi connectivity index (χ1n) is 9.26. The van der Waals surface area contributed by atoms with Crippen molar-refractivity contribution in [2.45, 2.75) is 90.1 Å². The molecular weight excluding hydrogens is 304 g/mol. The van der Waals surface area contributed by atoms with E-state index in [9.17, 15) is 20.4 Å². The maximum Gasteiger partial charge on any atom is 0.109 e. The molecule has 1 unspecified atom stereocenters. The summed E-state index contributed by atoms with van der Waals surface area (Å²) in [6.45, 7) is 13.7. The van der Waals surface area contributed by atoms with Gasteiger partial charge in [-0.3, -0.25) is 0 Å². The zero-order valence-corrected chi connectivity index (χ0v) is 15.9. The predicted octanol–water partition coefficient (Wildman–Crippen LogP) is 2.64. The summed E-state index contributed by atoms with van der Waals surface area (Å²) in [4.78, 5) is 0. The van der Waals surface area contributed by atoms with Crippen LogP contribution in [0.15, 0.2) is 12.7 Å². The van der Waals surface area contributed by atoms with Crippen LogP contribution in [0.1, 0.15) is 66.7 Å². The Morgan fingerprint density at radius 1 is 1.25 bits per heavy atom. The van der Waals surface area contributed by atoms with Gasteiger partial charge in [0.05, 0.1) is 17.3 Å². The van der Waals surface area contributed by atoms with Gasteiger partial charge in [0, 0.05) is 5.41 Å². The Bertz CT molecular complexity index is 486. The Hall–Kier alpha value is -0.420. The SMILES string of the molecule is C=CC(C)(O)CC[C@@]1(C)[C@H](C)CC[C@]2(C)[C@@H]1C[C@@H](O)[C@@H](O)[C@]2(C)O. The second kappa shape index (κ2) is 6.08. The molecule has 0 bridgehead atoms. The van der Waals surface area contributed by atoms with Crippen LogP contribution in [0, 0.1) is 22.7 Å². The van der Waals surface area contributed by atoms with Gasteiger partial charge in [0.15, 0.2) is 0 Å². The van der Waals surface area contributed by atoms with Crippen molar-refractivity contribution in [1.82, 2.24) is 0 Å². The fourth-order valence-electron chi connectivity index (χ4n) is 5.35. The molecule has 2 aliphatic carbocycles. The van der Waals surface area contributed by atoms with Crippen molar-refractivity contribution >= 4 is 0 Å². The fourth-order valence-corrected chi connectivity index (χ4v) is 5.35. The maximum absolute atomic E-state index is 11.1. The monoisotopic (exact) mass is 340 g/mol. The highest BCUT2D eigenvalue weighted by atomic mass is 16.4. The highest BCUT2D eigenvalue weighted by Crippen LogP contribution is 2.64. The lowest BCUT2D eigenvalue weighted by atomic mass is 9.42. The third kappa shape index (κ3) is 2.86. The van der Waals surface area contributed by atoms with E-state index >= 15 is 0 Å². The van der Waals surface area contributed by atoms with Crippen LogP contribution in [0.25, 0.3) is 0 Å². The molecule has 0 aliphatic heterocycles. The van der Waals surface area contributed by atoms with Crippen LogP contribution in [0.5, 0.6) is 0 Å². The lowest BCUT2D eigenvalue weighted by Gasteiger charge is -2.64. The molecule has 140 valence electrons. The number of hydrogen-bond acceptors (Lipinski definition) is 4. The molecule has 0 aromatic rings. The molecule has 0 heterocycles. The summed E-state index contributed by atoms with van der Waals surface area (Å²) >= 11 is 0. The van der Waals surface area contributed by atoms with Crippen LogP contribution in [-0.2, 0) is 0 Å². The lowest BCUT2D eigenvalue weighted by molar-refractivity contribution is -0.264. The smallest absolute Gasteiger partial charge is 0.109 e. The van der Waals surface area contributed by atoms with E-state index < -0.39 is 28.8 Å². The van der Waals surface area contributed by atoms with Crippen LogP contribution in [0.3, 0.4) is 0 Å². The average Bonchev–Trinajstić information content (AvgIpc) is 2.51. The standard InChI is InChI=1S/C20H36O4/c1-7-17(3,23)10-11-18(4)13(2)8-9-19(5)15(18)12-14(21)16(22)20(19,6)24/h7,13-16,21-24H,1,8-12H2,2-6H3/t13-,14-,15-,16-,17?,18+,19-,20+/m1/s1. The van der Waals surface area contributed by atoms with Gasteiger partial charge in [0.25, 0.3) is 0 Å². The molecule has 0 radical (unpaired) electrons. The lowest BCUT2D eigenvalue weighted by Crippen LogP contribution is -2.68. The molecule has 0 aromatic carbocycles. The second-order valence-corrected chi connectivity index (χ2v) is 9.37. The zero-order valence-electron chi connectivity index (χ0n) is 15.9. The van der Waals surface area contributed by atoms with Gasteiger partial charge >= 0.3 is 0 Å². The van der Waals surface area contributed by atoms with Gasteiger partial charge in [0.1, 0.15) is 6.10 Å². The number of rotatable bonds is 4. The normalized spacial score (nSPS) is 51.5. The summed E-state index contributed by atoms with van der Waals surface area (Å²) in [5, 5.41) is 42.2. The van der Waals surface area contributed by atoms with E-state index in [-0.39, 0.29) is 11.3 Å². The van der Waals surface area contributed by atoms with E-state index in [0.29, 0.717) is 18.8 Å². The minimum Gasteiger partial charge on any atom is -0.390 e. The predicted molar refractivity (Wildman–Crippen MR) is 95.4 cm³/mol. The van der Waals surface area contributed by atoms with Crippen LogP contribution in [-0.4, -0.2) is 43.8 Å². The van der Waals surface area contributed by atoms with Crippen molar-refractivity contribution < 1.29 is 20.4 Å². The summed E-state index contributed by atoms with van der Waals surface area (Å²) in [6.07, 6.45) is 3.25. The number of aliphatic hydroxyl groups is 4. The maximum atomic E-state index is 11.1. The molecule has 2 aliphatic rings. The second-order valence-electron chi connectivity index (χ2n) is 9.37. The quantitative estimate of drug-likeness (QED) is 0.593. The summed E-state index contributed by atoms with van der Waals surface area (Å²) in [5.74, 6) is 0.511. The molecular formula is C20H36O4. The van der Waals surface area contributed by atoms with E-state index in [4.69, 9.17) is 0 Å². The van der Waals surface area contributed by atoms with Crippen LogP contribution in [0.4, 0.5) is 0 Å². The van der Waals surface area contributed by atoms with E-state index in [1.54, 1.807) is 19.9 Å². The van der Waals surface area contributed by atoms with Crippen molar-refractivity contribution in [3.05, 3.63) is 12.7 Å². The Balaban J connectivity index is 2.39. The van der Waals surface area contributed by atoms with E-state index in [2.05, 4.69) is 27.4 Å². The molecule has 4 N–H and O–H groups in total. The van der Waals surface area contributed by atoms with Gasteiger partial charge in [-0.2, -0.15) is 0 Å². The summed E-state index contributed by atoms with van der Waals surface area (Å²) in [7, 11) is 0. The number of fused-ring (bicyclic) bond motifs is 1. The van der Waals surface area contributed by atoms with E-state index in [1.807, 2.05) is 0 Å². The Morgan fingerprint density at radius 2 is 1.83 bits per heavy atom. The molecule has 0 amide bonds. The van der Waals surface area contributed by atoms with Gasteiger partial charge in [-0.1, -0.05) is 26.8 Å². The molecule has 0 spiro atoms. The van der Waals surface area contributed by atoms with Crippen molar-refractivity contribution in [2.24, 2.45) is 22.7 Å². The topological polar surface area (TPSA) is 80.9 Å². The van der Waals surface area contributed by atoms with Crippen molar-refractivity contribution in [3.63, 3.8) is 0 Å². The van der Waals surface area contributed by atoms with Crippen molar-refractivity contribution in [3.8, 4) is 0 Å². The molecule has 24 heavy (non-hydrogen) atoms. The first kappa shape index (κ1) is 19.9. The molecule has 2 rings (SSSR count). The van der Waals surface area contributed by atoms with E-state index in [1.165, 1.54) is 0 Å². The van der Waals surface area contributed by atoms with Crippen LogP contribution < -0.4 is 0 Å². The van der Waals surface area contributed by atoms with Crippen molar-refractivity contribution in [2.75, 3.05) is 0 Å². The number of aliphatic hydroxyl groups excluding tert-OH is 2. The van der Waals surface area contributed by atoms with Gasteiger partial charge < -0.3 is 20.4 Å². The van der Waals surface area contributed by atoms with Gasteiger partial charge in [0.2, 0.25) is 0 Å². The van der Waals surface area contributed by atoms with Crippen molar-refractivity contribution in [1.29, 1.82) is 0 Å². The van der Waals surface area contributed by atoms with Gasteiger partial charge in [-0.25, -0.2) is 0 Å². The molecule has 4 heteroatoms. The largest absolute Gasteiger partial charge is 0.390 e. The zero-order chi connectivity index (χ0) is 18.6. The van der Waals surface area contributed by atoms with E-state index in [0.717, 1.165) is 19.3 Å². The highest BCUT2D eigenvalue weighted by Gasteiger charge is 2.64. The molecule has 2 saturated carbocycles. The third-order valence-electron chi connectivity index (χ3n) is 7.97. The number of hydrogen-bond donors (Lipinski definition) is 4. The molecule has 0 aromatic heterocycles. The molecule has 2 fully saturated rings. The minimum absolute atomic E-state index is 0.0859. The highest BCUT2D eigenvalue weighted by molar-refractivity contribution is 5.14. The molecule has 4 nitrogen and oxygen atoms in total. The Kier molecular flexibility index (Phi) is 5.04. The van der Waals surface area contributed by atoms with Crippen LogP contribution in [0.2, 0.25) is 0 Å². The molecule has 0 saturated heterocycles.